The van der Waals surface area contributed by atoms with Gasteiger partial charge in [0, 0.05) is 17.8 Å². The third-order valence-electron chi connectivity index (χ3n) is 4.10. The fraction of sp³-hybridized carbons (Fsp3) is 0.130. The Morgan fingerprint density at radius 2 is 1.59 bits per heavy atom. The van der Waals surface area contributed by atoms with E-state index in [0.29, 0.717) is 29.1 Å². The zero-order valence-corrected chi connectivity index (χ0v) is 16.7. The largest absolute Gasteiger partial charge is 0.457 e. The van der Waals surface area contributed by atoms with Crippen LogP contribution in [0, 0.1) is 0 Å². The number of halogens is 1. The van der Waals surface area contributed by atoms with E-state index in [2.05, 4.69) is 10.6 Å². The second kappa shape index (κ2) is 9.75. The van der Waals surface area contributed by atoms with E-state index in [-0.39, 0.29) is 16.8 Å². The van der Waals surface area contributed by atoms with Gasteiger partial charge in [0.1, 0.15) is 11.5 Å². The summed E-state index contributed by atoms with van der Waals surface area (Å²) in [4.78, 5) is 24.5. The molecule has 0 spiro atoms. The number of hydrogen-bond acceptors (Lipinski definition) is 3. The minimum absolute atomic E-state index is 0.233. The number of ether oxygens (including phenoxy) is 1. The van der Waals surface area contributed by atoms with Crippen molar-refractivity contribution < 1.29 is 14.3 Å². The average molecular weight is 409 g/mol. The maximum atomic E-state index is 12.5. The van der Waals surface area contributed by atoms with Crippen molar-refractivity contribution in [2.24, 2.45) is 0 Å². The predicted molar refractivity (Wildman–Crippen MR) is 115 cm³/mol. The lowest BCUT2D eigenvalue weighted by atomic mass is 10.1. The molecule has 0 fully saturated rings. The molecule has 0 atom stereocenters. The molecule has 0 radical (unpaired) electrons. The summed E-state index contributed by atoms with van der Waals surface area (Å²) >= 11 is 6.20. The summed E-state index contributed by atoms with van der Waals surface area (Å²) < 4.78 is 5.72. The zero-order chi connectivity index (χ0) is 20.6. The minimum Gasteiger partial charge on any atom is -0.457 e. The van der Waals surface area contributed by atoms with E-state index >= 15 is 0 Å². The maximum absolute atomic E-state index is 12.5. The van der Waals surface area contributed by atoms with E-state index < -0.39 is 0 Å². The van der Waals surface area contributed by atoms with Gasteiger partial charge in [0.25, 0.3) is 11.8 Å². The van der Waals surface area contributed by atoms with Crippen molar-refractivity contribution in [2.45, 2.75) is 13.3 Å². The van der Waals surface area contributed by atoms with Crippen LogP contribution < -0.4 is 15.4 Å². The molecule has 2 N–H and O–H groups in total. The molecule has 0 saturated carbocycles. The number of para-hydroxylation sites is 1. The van der Waals surface area contributed by atoms with Gasteiger partial charge in [-0.3, -0.25) is 9.59 Å². The fourth-order valence-electron chi connectivity index (χ4n) is 2.61. The number of nitrogens with one attached hydrogen (secondary N) is 2. The van der Waals surface area contributed by atoms with Crippen LogP contribution in [0.2, 0.25) is 5.02 Å². The highest BCUT2D eigenvalue weighted by Crippen LogP contribution is 2.23. The summed E-state index contributed by atoms with van der Waals surface area (Å²) in [5.74, 6) is 0.847. The first-order valence-corrected chi connectivity index (χ1v) is 9.66. The van der Waals surface area contributed by atoms with Crippen LogP contribution in [0.4, 0.5) is 5.69 Å². The first-order chi connectivity index (χ1) is 14.1. The topological polar surface area (TPSA) is 67.4 Å². The smallest absolute Gasteiger partial charge is 0.255 e. The molecule has 0 saturated heterocycles. The van der Waals surface area contributed by atoms with Crippen molar-refractivity contribution in [3.63, 3.8) is 0 Å². The molecule has 3 aromatic rings. The van der Waals surface area contributed by atoms with Crippen molar-refractivity contribution >= 4 is 29.1 Å². The van der Waals surface area contributed by atoms with Crippen molar-refractivity contribution in [1.29, 1.82) is 0 Å². The van der Waals surface area contributed by atoms with Crippen LogP contribution in [0.5, 0.6) is 11.5 Å². The Morgan fingerprint density at radius 1 is 0.897 bits per heavy atom. The van der Waals surface area contributed by atoms with Gasteiger partial charge in [-0.2, -0.15) is 0 Å². The molecule has 0 aromatic heterocycles. The van der Waals surface area contributed by atoms with Crippen LogP contribution in [0.1, 0.15) is 34.1 Å². The average Bonchev–Trinajstić information content (AvgIpc) is 2.73. The van der Waals surface area contributed by atoms with Gasteiger partial charge in [-0.25, -0.2) is 0 Å². The van der Waals surface area contributed by atoms with Crippen molar-refractivity contribution in [3.05, 3.63) is 88.9 Å². The number of carbonyl (C=O) groups excluding carboxylic acids is 2. The molecule has 0 aliphatic carbocycles. The van der Waals surface area contributed by atoms with Crippen molar-refractivity contribution in [2.75, 3.05) is 11.9 Å². The second-order valence-corrected chi connectivity index (χ2v) is 6.75. The standard InChI is InChI=1S/C23H21ClN2O3/c1-2-14-25-23(28)20-13-10-17(15-21(20)24)26-22(27)16-8-11-19(12-9-16)29-18-6-4-3-5-7-18/h3-13,15H,2,14H2,1H3,(H,25,28)(H,26,27). The van der Waals surface area contributed by atoms with E-state index in [1.54, 1.807) is 42.5 Å². The highest BCUT2D eigenvalue weighted by molar-refractivity contribution is 6.34. The third-order valence-corrected chi connectivity index (χ3v) is 4.42. The normalized spacial score (nSPS) is 10.3. The monoisotopic (exact) mass is 408 g/mol. The number of benzene rings is 3. The number of rotatable bonds is 7. The van der Waals surface area contributed by atoms with Gasteiger partial charge in [0.15, 0.2) is 0 Å². The Morgan fingerprint density at radius 3 is 2.24 bits per heavy atom. The van der Waals surface area contributed by atoms with Crippen LogP contribution >= 0.6 is 11.6 Å². The number of hydrogen-bond donors (Lipinski definition) is 2. The Hall–Kier alpha value is -3.31. The molecule has 148 valence electrons. The highest BCUT2D eigenvalue weighted by atomic mass is 35.5. The minimum atomic E-state index is -0.282. The Balaban J connectivity index is 1.64. The lowest BCUT2D eigenvalue weighted by Gasteiger charge is -2.10. The molecule has 0 unspecified atom stereocenters. The molecular weight excluding hydrogens is 388 g/mol. The van der Waals surface area contributed by atoms with Gasteiger partial charge >= 0.3 is 0 Å². The lowest BCUT2D eigenvalue weighted by Crippen LogP contribution is -2.24. The molecule has 3 aromatic carbocycles. The molecule has 0 aliphatic heterocycles. The molecule has 2 amide bonds. The molecule has 0 heterocycles. The van der Waals surface area contributed by atoms with Gasteiger partial charge < -0.3 is 15.4 Å². The first-order valence-electron chi connectivity index (χ1n) is 9.29. The highest BCUT2D eigenvalue weighted by Gasteiger charge is 2.12. The van der Waals surface area contributed by atoms with E-state index in [0.717, 1.165) is 12.2 Å². The van der Waals surface area contributed by atoms with Crippen molar-refractivity contribution in [1.82, 2.24) is 5.32 Å². The Kier molecular flexibility index (Phi) is 6.87. The van der Waals surface area contributed by atoms with Gasteiger partial charge in [-0.05, 0) is 61.0 Å². The van der Waals surface area contributed by atoms with Gasteiger partial charge in [0.05, 0.1) is 10.6 Å². The van der Waals surface area contributed by atoms with Gasteiger partial charge in [0.2, 0.25) is 0 Å². The molecule has 29 heavy (non-hydrogen) atoms. The maximum Gasteiger partial charge on any atom is 0.255 e. The van der Waals surface area contributed by atoms with Crippen LogP contribution in [0.15, 0.2) is 72.8 Å². The summed E-state index contributed by atoms with van der Waals surface area (Å²) in [7, 11) is 0. The Bertz CT molecular complexity index is 989. The molecule has 3 rings (SSSR count). The summed E-state index contributed by atoms with van der Waals surface area (Å²) in [6.45, 7) is 2.55. The van der Waals surface area contributed by atoms with E-state index in [4.69, 9.17) is 16.3 Å². The van der Waals surface area contributed by atoms with Crippen LogP contribution in [-0.2, 0) is 0 Å². The Labute approximate surface area is 174 Å². The molecule has 5 nitrogen and oxygen atoms in total. The molecule has 6 heteroatoms. The zero-order valence-electron chi connectivity index (χ0n) is 15.9. The van der Waals surface area contributed by atoms with E-state index in [1.807, 2.05) is 37.3 Å². The van der Waals surface area contributed by atoms with E-state index in [1.165, 1.54) is 0 Å². The number of anilines is 1. The third kappa shape index (κ3) is 5.59. The second-order valence-electron chi connectivity index (χ2n) is 6.34. The van der Waals surface area contributed by atoms with Crippen molar-refractivity contribution in [3.8, 4) is 11.5 Å². The van der Waals surface area contributed by atoms with Gasteiger partial charge in [-0.1, -0.05) is 36.7 Å². The van der Waals surface area contributed by atoms with Crippen LogP contribution in [-0.4, -0.2) is 18.4 Å². The molecule has 0 bridgehead atoms. The SMILES string of the molecule is CCCNC(=O)c1ccc(NC(=O)c2ccc(Oc3ccccc3)cc2)cc1Cl. The fourth-order valence-corrected chi connectivity index (χ4v) is 2.88. The predicted octanol–water partition coefficient (Wildman–Crippen LogP) is 5.52. The van der Waals surface area contributed by atoms with Crippen LogP contribution in [0.25, 0.3) is 0 Å². The summed E-state index contributed by atoms with van der Waals surface area (Å²) in [5.41, 5.74) is 1.36. The number of carbonyl (C=O) groups is 2. The van der Waals surface area contributed by atoms with E-state index in [9.17, 15) is 9.59 Å². The lowest BCUT2D eigenvalue weighted by molar-refractivity contribution is 0.0953. The summed E-state index contributed by atoms with van der Waals surface area (Å²) in [5, 5.41) is 5.84. The first kappa shape index (κ1) is 20.4. The molecule has 0 aliphatic rings. The van der Waals surface area contributed by atoms with Gasteiger partial charge in [-0.15, -0.1) is 0 Å². The quantitative estimate of drug-likeness (QED) is 0.540. The summed E-state index contributed by atoms with van der Waals surface area (Å²) in [6, 6.07) is 21.0. The molecular formula is C23H21ClN2O3. The summed E-state index contributed by atoms with van der Waals surface area (Å²) in [6.07, 6.45) is 0.840. The van der Waals surface area contributed by atoms with Crippen LogP contribution in [0.3, 0.4) is 0 Å². The number of amides is 2.